The van der Waals surface area contributed by atoms with Gasteiger partial charge >= 0.3 is 0 Å². The molecule has 1 N–H and O–H groups in total. The smallest absolute Gasteiger partial charge is 0.220 e. The monoisotopic (exact) mass is 350 g/mol. The molecule has 0 bridgehead atoms. The van der Waals surface area contributed by atoms with Gasteiger partial charge < -0.3 is 5.32 Å². The SMILES string of the molecule is C[C@H](NC(=O)CCc1ccc(Br)cc1F)c1ccccn1. The number of hydrogen-bond acceptors (Lipinski definition) is 2. The molecule has 0 saturated carbocycles. The number of benzene rings is 1. The highest BCUT2D eigenvalue weighted by atomic mass is 79.9. The molecule has 3 nitrogen and oxygen atoms in total. The van der Waals surface area contributed by atoms with Gasteiger partial charge in [-0.05, 0) is 43.2 Å². The summed E-state index contributed by atoms with van der Waals surface area (Å²) in [5.41, 5.74) is 1.35. The van der Waals surface area contributed by atoms with Gasteiger partial charge in [0.25, 0.3) is 0 Å². The molecular weight excluding hydrogens is 335 g/mol. The van der Waals surface area contributed by atoms with Crippen molar-refractivity contribution in [2.75, 3.05) is 0 Å². The van der Waals surface area contributed by atoms with E-state index in [1.165, 1.54) is 6.07 Å². The van der Waals surface area contributed by atoms with Crippen molar-refractivity contribution in [2.24, 2.45) is 0 Å². The van der Waals surface area contributed by atoms with Crippen molar-refractivity contribution in [3.05, 3.63) is 64.1 Å². The van der Waals surface area contributed by atoms with Gasteiger partial charge in [-0.2, -0.15) is 0 Å². The number of carbonyl (C=O) groups excluding carboxylic acids is 1. The van der Waals surface area contributed by atoms with E-state index >= 15 is 0 Å². The van der Waals surface area contributed by atoms with Crippen molar-refractivity contribution in [1.29, 1.82) is 0 Å². The zero-order valence-electron chi connectivity index (χ0n) is 11.6. The first-order valence-electron chi connectivity index (χ1n) is 6.70. The second-order valence-corrected chi connectivity index (χ2v) is 5.70. The Kier molecular flexibility index (Phi) is 5.44. The van der Waals surface area contributed by atoms with E-state index < -0.39 is 0 Å². The highest BCUT2D eigenvalue weighted by molar-refractivity contribution is 9.10. The van der Waals surface area contributed by atoms with E-state index in [0.29, 0.717) is 16.5 Å². The summed E-state index contributed by atoms with van der Waals surface area (Å²) in [6, 6.07) is 10.3. The van der Waals surface area contributed by atoms with Crippen LogP contribution in [0.3, 0.4) is 0 Å². The average Bonchev–Trinajstić information content (AvgIpc) is 2.47. The summed E-state index contributed by atoms with van der Waals surface area (Å²) in [6.07, 6.45) is 2.31. The summed E-state index contributed by atoms with van der Waals surface area (Å²) >= 11 is 3.21. The summed E-state index contributed by atoms with van der Waals surface area (Å²) in [7, 11) is 0. The third-order valence-corrected chi connectivity index (χ3v) is 3.64. The molecule has 2 aromatic rings. The fourth-order valence-electron chi connectivity index (χ4n) is 1.99. The normalized spacial score (nSPS) is 12.0. The largest absolute Gasteiger partial charge is 0.348 e. The molecule has 0 fully saturated rings. The maximum Gasteiger partial charge on any atom is 0.220 e. The lowest BCUT2D eigenvalue weighted by Crippen LogP contribution is -2.27. The standard InChI is InChI=1S/C16H16BrFN2O/c1-11(15-4-2-3-9-19-15)20-16(21)8-6-12-5-7-13(17)10-14(12)18/h2-5,7,9-11H,6,8H2,1H3,(H,20,21)/t11-/m0/s1. The van der Waals surface area contributed by atoms with Crippen LogP contribution in [-0.2, 0) is 11.2 Å². The average molecular weight is 351 g/mol. The first-order valence-corrected chi connectivity index (χ1v) is 7.50. The van der Waals surface area contributed by atoms with Gasteiger partial charge in [-0.1, -0.05) is 28.1 Å². The quantitative estimate of drug-likeness (QED) is 0.891. The molecule has 0 aliphatic carbocycles. The molecule has 0 radical (unpaired) electrons. The number of pyridine rings is 1. The minimum Gasteiger partial charge on any atom is -0.348 e. The number of carbonyl (C=O) groups is 1. The van der Waals surface area contributed by atoms with E-state index in [1.54, 1.807) is 18.3 Å². The topological polar surface area (TPSA) is 42.0 Å². The molecule has 1 aromatic carbocycles. The Morgan fingerprint density at radius 1 is 1.38 bits per heavy atom. The van der Waals surface area contributed by atoms with Gasteiger partial charge in [-0.3, -0.25) is 9.78 Å². The second kappa shape index (κ2) is 7.31. The first-order chi connectivity index (χ1) is 10.1. The predicted molar refractivity (Wildman–Crippen MR) is 83.2 cm³/mol. The molecule has 21 heavy (non-hydrogen) atoms. The van der Waals surface area contributed by atoms with Gasteiger partial charge in [-0.25, -0.2) is 4.39 Å². The molecule has 0 saturated heterocycles. The van der Waals surface area contributed by atoms with Crippen LogP contribution in [0.15, 0.2) is 47.1 Å². The minimum absolute atomic E-state index is 0.115. The number of amides is 1. The van der Waals surface area contributed by atoms with Crippen LogP contribution < -0.4 is 5.32 Å². The number of rotatable bonds is 5. The summed E-state index contributed by atoms with van der Waals surface area (Å²) in [4.78, 5) is 16.1. The lowest BCUT2D eigenvalue weighted by Gasteiger charge is -2.13. The van der Waals surface area contributed by atoms with Crippen LogP contribution in [0.5, 0.6) is 0 Å². The van der Waals surface area contributed by atoms with Crippen LogP contribution in [0.2, 0.25) is 0 Å². The number of aromatic nitrogens is 1. The van der Waals surface area contributed by atoms with Gasteiger partial charge in [0.1, 0.15) is 5.82 Å². The molecule has 0 unspecified atom stereocenters. The van der Waals surface area contributed by atoms with Gasteiger partial charge in [0.15, 0.2) is 0 Å². The third-order valence-electron chi connectivity index (χ3n) is 3.15. The third kappa shape index (κ3) is 4.63. The molecule has 2 rings (SSSR count). The lowest BCUT2D eigenvalue weighted by atomic mass is 10.1. The summed E-state index contributed by atoms with van der Waals surface area (Å²) in [5.74, 6) is -0.412. The Labute approximate surface area is 131 Å². The van der Waals surface area contributed by atoms with Gasteiger partial charge in [0.2, 0.25) is 5.91 Å². The lowest BCUT2D eigenvalue weighted by molar-refractivity contribution is -0.121. The van der Waals surface area contributed by atoms with E-state index in [9.17, 15) is 9.18 Å². The summed E-state index contributed by atoms with van der Waals surface area (Å²) in [6.45, 7) is 1.88. The summed E-state index contributed by atoms with van der Waals surface area (Å²) in [5, 5.41) is 2.86. The molecule has 1 amide bonds. The molecule has 1 atom stereocenters. The fraction of sp³-hybridized carbons (Fsp3) is 0.250. The Bertz CT molecular complexity index is 619. The molecule has 0 aliphatic heterocycles. The maximum atomic E-state index is 13.7. The van der Waals surface area contributed by atoms with E-state index in [4.69, 9.17) is 0 Å². The van der Waals surface area contributed by atoms with Crippen molar-refractivity contribution in [2.45, 2.75) is 25.8 Å². The van der Waals surface area contributed by atoms with E-state index in [-0.39, 0.29) is 24.2 Å². The minimum atomic E-state index is -0.296. The second-order valence-electron chi connectivity index (χ2n) is 4.78. The van der Waals surface area contributed by atoms with E-state index in [0.717, 1.165) is 5.69 Å². The highest BCUT2D eigenvalue weighted by Gasteiger charge is 2.11. The van der Waals surface area contributed by atoms with E-state index in [2.05, 4.69) is 26.2 Å². The Morgan fingerprint density at radius 2 is 2.19 bits per heavy atom. The first kappa shape index (κ1) is 15.6. The van der Waals surface area contributed by atoms with Gasteiger partial charge in [0.05, 0.1) is 11.7 Å². The summed E-state index contributed by atoms with van der Waals surface area (Å²) < 4.78 is 14.3. The van der Waals surface area contributed by atoms with Crippen LogP contribution in [-0.4, -0.2) is 10.9 Å². The van der Waals surface area contributed by atoms with Crippen LogP contribution in [0.1, 0.15) is 30.6 Å². The Morgan fingerprint density at radius 3 is 2.86 bits per heavy atom. The Balaban J connectivity index is 1.87. The fourth-order valence-corrected chi connectivity index (χ4v) is 2.33. The van der Waals surface area contributed by atoms with Crippen molar-refractivity contribution in [1.82, 2.24) is 10.3 Å². The van der Waals surface area contributed by atoms with Crippen molar-refractivity contribution in [3.63, 3.8) is 0 Å². The molecule has 110 valence electrons. The zero-order chi connectivity index (χ0) is 15.2. The molecule has 5 heteroatoms. The van der Waals surface area contributed by atoms with Crippen molar-refractivity contribution in [3.8, 4) is 0 Å². The van der Waals surface area contributed by atoms with Crippen LogP contribution >= 0.6 is 15.9 Å². The molecule has 0 spiro atoms. The molecular formula is C16H16BrFN2O. The van der Waals surface area contributed by atoms with Crippen LogP contribution in [0.25, 0.3) is 0 Å². The van der Waals surface area contributed by atoms with Gasteiger partial charge in [-0.15, -0.1) is 0 Å². The number of nitrogens with one attached hydrogen (secondary N) is 1. The van der Waals surface area contributed by atoms with Crippen molar-refractivity contribution < 1.29 is 9.18 Å². The zero-order valence-corrected chi connectivity index (χ0v) is 13.2. The molecule has 1 heterocycles. The van der Waals surface area contributed by atoms with Crippen LogP contribution in [0.4, 0.5) is 4.39 Å². The number of hydrogen-bond donors (Lipinski definition) is 1. The highest BCUT2D eigenvalue weighted by Crippen LogP contribution is 2.16. The van der Waals surface area contributed by atoms with E-state index in [1.807, 2.05) is 25.1 Å². The van der Waals surface area contributed by atoms with Gasteiger partial charge in [0, 0.05) is 17.1 Å². The molecule has 1 aromatic heterocycles. The maximum absolute atomic E-state index is 13.7. The van der Waals surface area contributed by atoms with Crippen molar-refractivity contribution >= 4 is 21.8 Å². The number of nitrogens with zero attached hydrogens (tertiary/aromatic N) is 1. The number of halogens is 2. The molecule has 0 aliphatic rings. The Hall–Kier alpha value is -1.75. The predicted octanol–water partition coefficient (Wildman–Crippen LogP) is 3.79. The number of aryl methyl sites for hydroxylation is 1. The van der Waals surface area contributed by atoms with Crippen LogP contribution in [0, 0.1) is 5.82 Å².